The number of carbonyl (C=O) groups is 5. The van der Waals surface area contributed by atoms with Crippen LogP contribution >= 0.6 is 0 Å². The Morgan fingerprint density at radius 1 is 0.960 bits per heavy atom. The Kier molecular flexibility index (Phi) is 10.8. The molecule has 1 aromatic heterocycles. The van der Waals surface area contributed by atoms with E-state index in [1.54, 1.807) is 84.0 Å². The molecule has 0 saturated carbocycles. The van der Waals surface area contributed by atoms with E-state index in [1.807, 2.05) is 6.92 Å². The lowest BCUT2D eigenvalue weighted by atomic mass is 9.87. The molecule has 14 heteroatoms. The van der Waals surface area contributed by atoms with Crippen molar-refractivity contribution < 1.29 is 37.9 Å². The van der Waals surface area contributed by atoms with Crippen molar-refractivity contribution in [3.63, 3.8) is 0 Å². The fourth-order valence-corrected chi connectivity index (χ4v) is 7.45. The Morgan fingerprint density at radius 2 is 1.56 bits per heavy atom. The number of pyridine rings is 1. The summed E-state index contributed by atoms with van der Waals surface area (Å²) in [4.78, 5) is 82.5. The molecule has 1 atom stereocenters. The SMILES string of the molecule is Cc1ccc(C(=O)c2ccc(C(C)(C)[SH](=O)(C=O)N(C)C(=O)OC(C)(C)C)cc2-c2cn(C)c(=O)cc2[C@H](C)NON2C(=O)CCC2=O)cc1. The van der Waals surface area contributed by atoms with Crippen LogP contribution in [-0.2, 0) is 46.0 Å². The number of nitrogens with one attached hydrogen (secondary N) is 1. The molecule has 2 heterocycles. The maximum Gasteiger partial charge on any atom is 0.420 e. The molecule has 268 valence electrons. The van der Waals surface area contributed by atoms with Gasteiger partial charge in [0, 0.05) is 66.0 Å². The van der Waals surface area contributed by atoms with E-state index in [4.69, 9.17) is 9.68 Å². The number of imide groups is 1. The van der Waals surface area contributed by atoms with Crippen molar-refractivity contribution >= 4 is 39.4 Å². The third kappa shape index (κ3) is 7.52. The number of thiol groups is 1. The van der Waals surface area contributed by atoms with Gasteiger partial charge in [0.05, 0.1) is 10.8 Å². The molecule has 2 aromatic carbocycles. The first-order valence-electron chi connectivity index (χ1n) is 16.0. The van der Waals surface area contributed by atoms with Gasteiger partial charge in [-0.05, 0) is 71.2 Å². The Balaban J connectivity index is 1.92. The normalized spacial score (nSPS) is 14.8. The lowest BCUT2D eigenvalue weighted by Crippen LogP contribution is -2.51. The van der Waals surface area contributed by atoms with Gasteiger partial charge in [-0.15, -0.1) is 5.06 Å². The van der Waals surface area contributed by atoms with Crippen LogP contribution in [0.15, 0.2) is 59.5 Å². The molecule has 3 aromatic rings. The molecule has 0 unspecified atom stereocenters. The van der Waals surface area contributed by atoms with Crippen molar-refractivity contribution in [3.05, 3.63) is 92.9 Å². The Bertz CT molecular complexity index is 1950. The van der Waals surface area contributed by atoms with Gasteiger partial charge in [0.1, 0.15) is 5.60 Å². The standard InChI is InChI=1S/C36H44N4O9S/c1-22-10-12-24(13-11-22)33(45)26-15-14-25(36(6,7)50(47,21-41)39(9)34(46)48-35(3,4)5)18-28(26)29-20-38(8)32(44)19-27(29)23(2)37-49-40-30(42)16-17-31(40)43/h10-15,18-21,23,37,50H,16-17H2,1-9H3/t23-/m0/s1. The van der Waals surface area contributed by atoms with E-state index in [2.05, 4.69) is 5.48 Å². The second-order valence-electron chi connectivity index (χ2n) is 13.9. The maximum absolute atomic E-state index is 14.5. The van der Waals surface area contributed by atoms with E-state index in [0.29, 0.717) is 32.9 Å². The molecule has 13 nitrogen and oxygen atoms in total. The number of amides is 3. The van der Waals surface area contributed by atoms with Crippen LogP contribution < -0.4 is 11.0 Å². The highest BCUT2D eigenvalue weighted by molar-refractivity contribution is 8.14. The van der Waals surface area contributed by atoms with Gasteiger partial charge in [0.2, 0.25) is 0 Å². The van der Waals surface area contributed by atoms with E-state index in [1.165, 1.54) is 30.9 Å². The number of hydroxylamine groups is 3. The van der Waals surface area contributed by atoms with E-state index in [9.17, 15) is 33.0 Å². The molecule has 0 bridgehead atoms. The fourth-order valence-electron chi connectivity index (χ4n) is 5.50. The summed E-state index contributed by atoms with van der Waals surface area (Å²) in [7, 11) is -1.43. The van der Waals surface area contributed by atoms with Crippen LogP contribution in [0.2, 0.25) is 0 Å². The minimum Gasteiger partial charge on any atom is -0.443 e. The number of aryl methyl sites for hydroxylation is 2. The van der Waals surface area contributed by atoms with Crippen LogP contribution in [0, 0.1) is 6.92 Å². The van der Waals surface area contributed by atoms with Crippen molar-refractivity contribution in [2.75, 3.05) is 7.05 Å². The largest absolute Gasteiger partial charge is 0.443 e. The van der Waals surface area contributed by atoms with Crippen molar-refractivity contribution in [1.29, 1.82) is 0 Å². The molecule has 50 heavy (non-hydrogen) atoms. The summed E-state index contributed by atoms with van der Waals surface area (Å²) in [5.74, 6) is -1.38. The number of ether oxygens (including phenoxy) is 1. The monoisotopic (exact) mass is 708 g/mol. The van der Waals surface area contributed by atoms with Gasteiger partial charge in [-0.3, -0.25) is 28.2 Å². The van der Waals surface area contributed by atoms with Gasteiger partial charge in [0.25, 0.3) is 17.4 Å². The Labute approximate surface area is 292 Å². The van der Waals surface area contributed by atoms with Crippen molar-refractivity contribution in [1.82, 2.24) is 19.4 Å². The zero-order valence-corrected chi connectivity index (χ0v) is 30.6. The average molecular weight is 709 g/mol. The Morgan fingerprint density at radius 3 is 2.12 bits per heavy atom. The van der Waals surface area contributed by atoms with Gasteiger partial charge < -0.3 is 9.30 Å². The van der Waals surface area contributed by atoms with Crippen molar-refractivity contribution in [2.45, 2.75) is 77.7 Å². The van der Waals surface area contributed by atoms with Crippen LogP contribution in [0.25, 0.3) is 11.1 Å². The molecule has 1 fully saturated rings. The second-order valence-corrected chi connectivity index (χ2v) is 17.0. The van der Waals surface area contributed by atoms with Gasteiger partial charge in [-0.2, -0.15) is 10.4 Å². The summed E-state index contributed by atoms with van der Waals surface area (Å²) in [6, 6.07) is 12.3. The van der Waals surface area contributed by atoms with E-state index < -0.39 is 50.0 Å². The molecular weight excluding hydrogens is 664 g/mol. The lowest BCUT2D eigenvalue weighted by Gasteiger charge is -2.42. The van der Waals surface area contributed by atoms with Crippen LogP contribution in [0.5, 0.6) is 0 Å². The smallest absolute Gasteiger partial charge is 0.420 e. The first-order valence-corrected chi connectivity index (χ1v) is 17.7. The first-order chi connectivity index (χ1) is 23.2. The summed E-state index contributed by atoms with van der Waals surface area (Å²) in [5.41, 5.74) is 4.62. The van der Waals surface area contributed by atoms with Gasteiger partial charge in [-0.25, -0.2) is 9.10 Å². The van der Waals surface area contributed by atoms with Crippen LogP contribution in [-0.4, -0.2) is 60.1 Å². The highest BCUT2D eigenvalue weighted by Gasteiger charge is 2.43. The third-order valence-corrected chi connectivity index (χ3v) is 11.9. The minimum absolute atomic E-state index is 0.00679. The van der Waals surface area contributed by atoms with Crippen molar-refractivity contribution in [3.8, 4) is 11.1 Å². The molecule has 1 aliphatic rings. The number of ketones is 1. The first kappa shape index (κ1) is 38.0. The minimum atomic E-state index is -4.22. The zero-order chi connectivity index (χ0) is 37.3. The molecule has 1 N–H and O–H groups in total. The molecule has 0 aliphatic carbocycles. The summed E-state index contributed by atoms with van der Waals surface area (Å²) < 4.78 is 20.6. The third-order valence-electron chi connectivity index (χ3n) is 8.68. The number of aromatic nitrogens is 1. The van der Waals surface area contributed by atoms with Crippen LogP contribution in [0.3, 0.4) is 0 Å². The zero-order valence-electron chi connectivity index (χ0n) is 29.7. The topological polar surface area (TPSA) is 161 Å². The quantitative estimate of drug-likeness (QED) is 0.0957. The molecular formula is C36H44N4O9S. The number of nitrogens with zero attached hydrogens (tertiary/aromatic N) is 3. The second kappa shape index (κ2) is 14.2. The number of benzene rings is 2. The lowest BCUT2D eigenvalue weighted by molar-refractivity contribution is -0.213. The average Bonchev–Trinajstić information content (AvgIpc) is 3.38. The summed E-state index contributed by atoms with van der Waals surface area (Å²) in [6.07, 6.45) is 0.605. The predicted molar refractivity (Wildman–Crippen MR) is 189 cm³/mol. The molecule has 1 aliphatic heterocycles. The fraction of sp³-hybridized carbons (Fsp3) is 0.389. The van der Waals surface area contributed by atoms with Crippen LogP contribution in [0.4, 0.5) is 4.79 Å². The van der Waals surface area contributed by atoms with E-state index >= 15 is 0 Å². The molecule has 0 spiro atoms. The van der Waals surface area contributed by atoms with E-state index in [-0.39, 0.29) is 29.8 Å². The van der Waals surface area contributed by atoms with Gasteiger partial charge >= 0.3 is 6.09 Å². The van der Waals surface area contributed by atoms with Gasteiger partial charge in [0.15, 0.2) is 11.4 Å². The number of hydrogen-bond acceptors (Lipinski definition) is 10. The summed E-state index contributed by atoms with van der Waals surface area (Å²) in [6.45, 7) is 11.6. The predicted octanol–water partition coefficient (Wildman–Crippen LogP) is 4.46. The summed E-state index contributed by atoms with van der Waals surface area (Å²) >= 11 is 0. The molecule has 4 rings (SSSR count). The van der Waals surface area contributed by atoms with Crippen LogP contribution in [0.1, 0.15) is 93.0 Å². The van der Waals surface area contributed by atoms with Gasteiger partial charge in [-0.1, -0.05) is 42.0 Å². The molecule has 1 saturated heterocycles. The maximum atomic E-state index is 14.5. The van der Waals surface area contributed by atoms with E-state index in [0.717, 1.165) is 9.87 Å². The highest BCUT2D eigenvalue weighted by Crippen LogP contribution is 2.41. The number of hydrogen-bond donors (Lipinski definition) is 2. The molecule has 3 amide bonds. The Hall–Kier alpha value is -4.79. The number of carbonyl (C=O) groups excluding carboxylic acids is 5. The van der Waals surface area contributed by atoms with Crippen molar-refractivity contribution in [2.24, 2.45) is 7.05 Å². The molecule has 0 radical (unpaired) electrons. The highest BCUT2D eigenvalue weighted by atomic mass is 32.3. The summed E-state index contributed by atoms with van der Waals surface area (Å²) in [5, 5.41) is 0.630. The number of rotatable bonds is 11.